The number of nitrogens with zero attached hydrogens (tertiary/aromatic N) is 2. The minimum atomic E-state index is 0.288. The number of nitrogens with two attached hydrogens (primary N) is 1. The Morgan fingerprint density at radius 1 is 1.28 bits per heavy atom. The Hall–Kier alpha value is -0.420. The standard InChI is InChI=1S/C14H23N3S/c1-2-11-3-4-12(18-11)9-13(15)14-10-16-5-7-17(14)8-6-16/h3-4,13-14H,2,5-10,15H2,1H3. The van der Waals surface area contributed by atoms with Crippen LogP contribution in [0.25, 0.3) is 0 Å². The molecule has 18 heavy (non-hydrogen) atoms. The fourth-order valence-electron chi connectivity index (χ4n) is 3.15. The number of hydrogen-bond donors (Lipinski definition) is 1. The second-order valence-corrected chi connectivity index (χ2v) is 6.75. The molecule has 1 aromatic heterocycles. The van der Waals surface area contributed by atoms with E-state index in [0.29, 0.717) is 6.04 Å². The summed E-state index contributed by atoms with van der Waals surface area (Å²) in [6.07, 6.45) is 2.18. The van der Waals surface area contributed by atoms with Gasteiger partial charge >= 0.3 is 0 Å². The van der Waals surface area contributed by atoms with Crippen molar-refractivity contribution in [3.05, 3.63) is 21.9 Å². The minimum Gasteiger partial charge on any atom is -0.326 e. The van der Waals surface area contributed by atoms with E-state index in [0.717, 1.165) is 12.8 Å². The first-order valence-corrected chi connectivity index (χ1v) is 7.87. The molecule has 0 radical (unpaired) electrons. The van der Waals surface area contributed by atoms with Gasteiger partial charge in [0.1, 0.15) is 0 Å². The fraction of sp³-hybridized carbons (Fsp3) is 0.714. The highest BCUT2D eigenvalue weighted by Crippen LogP contribution is 2.22. The Labute approximate surface area is 114 Å². The van der Waals surface area contributed by atoms with E-state index in [2.05, 4.69) is 28.9 Å². The summed E-state index contributed by atoms with van der Waals surface area (Å²) in [4.78, 5) is 8.10. The summed E-state index contributed by atoms with van der Waals surface area (Å²) in [5, 5.41) is 0. The van der Waals surface area contributed by atoms with Gasteiger partial charge in [0, 0.05) is 54.6 Å². The molecule has 4 heterocycles. The van der Waals surface area contributed by atoms with Crippen LogP contribution >= 0.6 is 11.3 Å². The van der Waals surface area contributed by atoms with Crippen LogP contribution in [0.3, 0.4) is 0 Å². The number of rotatable bonds is 4. The Morgan fingerprint density at radius 2 is 2.00 bits per heavy atom. The third-order valence-electron chi connectivity index (χ3n) is 4.32. The molecule has 0 aliphatic carbocycles. The van der Waals surface area contributed by atoms with Crippen LogP contribution in [0.2, 0.25) is 0 Å². The molecule has 3 fully saturated rings. The zero-order chi connectivity index (χ0) is 12.5. The van der Waals surface area contributed by atoms with E-state index in [4.69, 9.17) is 5.73 Å². The first-order valence-electron chi connectivity index (χ1n) is 7.06. The highest BCUT2D eigenvalue weighted by Gasteiger charge is 2.35. The molecule has 0 aromatic carbocycles. The molecule has 2 atom stereocenters. The van der Waals surface area contributed by atoms with Crippen LogP contribution in [0.5, 0.6) is 0 Å². The molecular formula is C14H23N3S. The van der Waals surface area contributed by atoms with Crippen LogP contribution in [0, 0.1) is 0 Å². The lowest BCUT2D eigenvalue weighted by Gasteiger charge is -2.49. The van der Waals surface area contributed by atoms with Crippen molar-refractivity contribution in [2.24, 2.45) is 5.73 Å². The van der Waals surface area contributed by atoms with E-state index in [9.17, 15) is 0 Å². The van der Waals surface area contributed by atoms with Crippen molar-refractivity contribution >= 4 is 11.3 Å². The average Bonchev–Trinajstić information content (AvgIpc) is 2.87. The largest absolute Gasteiger partial charge is 0.326 e. The Morgan fingerprint density at radius 3 is 2.56 bits per heavy atom. The van der Waals surface area contributed by atoms with Gasteiger partial charge in [-0.3, -0.25) is 9.80 Å². The zero-order valence-electron chi connectivity index (χ0n) is 11.1. The smallest absolute Gasteiger partial charge is 0.0379 e. The second-order valence-electron chi connectivity index (χ2n) is 5.49. The van der Waals surface area contributed by atoms with Crippen molar-refractivity contribution < 1.29 is 0 Å². The summed E-state index contributed by atoms with van der Waals surface area (Å²) in [5.74, 6) is 0. The Kier molecular flexibility index (Phi) is 3.71. The average molecular weight is 265 g/mol. The second kappa shape index (κ2) is 5.29. The maximum Gasteiger partial charge on any atom is 0.0379 e. The summed E-state index contributed by atoms with van der Waals surface area (Å²) in [5.41, 5.74) is 6.46. The molecule has 2 N–H and O–H groups in total. The number of hydrogen-bond acceptors (Lipinski definition) is 4. The van der Waals surface area contributed by atoms with Crippen LogP contribution in [-0.4, -0.2) is 54.6 Å². The van der Waals surface area contributed by atoms with Crippen molar-refractivity contribution in [1.82, 2.24) is 9.80 Å². The van der Waals surface area contributed by atoms with Gasteiger partial charge in [-0.05, 0) is 25.0 Å². The minimum absolute atomic E-state index is 0.288. The number of thiophene rings is 1. The van der Waals surface area contributed by atoms with Gasteiger partial charge in [-0.25, -0.2) is 0 Å². The number of piperazine rings is 3. The van der Waals surface area contributed by atoms with Gasteiger partial charge < -0.3 is 5.73 Å². The summed E-state index contributed by atoms with van der Waals surface area (Å²) in [6.45, 7) is 8.29. The maximum atomic E-state index is 6.46. The molecule has 4 heteroatoms. The molecule has 2 bridgehead atoms. The van der Waals surface area contributed by atoms with E-state index in [1.54, 1.807) is 0 Å². The van der Waals surface area contributed by atoms with Gasteiger partial charge in [0.25, 0.3) is 0 Å². The van der Waals surface area contributed by atoms with Gasteiger partial charge in [0.15, 0.2) is 0 Å². The van der Waals surface area contributed by atoms with Crippen molar-refractivity contribution in [2.75, 3.05) is 32.7 Å². The van der Waals surface area contributed by atoms with Gasteiger partial charge in [-0.15, -0.1) is 11.3 Å². The van der Waals surface area contributed by atoms with Crippen LogP contribution < -0.4 is 5.73 Å². The number of aryl methyl sites for hydroxylation is 1. The SMILES string of the molecule is CCc1ccc(CC(N)C2CN3CCN2CC3)s1. The quantitative estimate of drug-likeness (QED) is 0.887. The van der Waals surface area contributed by atoms with Crippen molar-refractivity contribution in [3.8, 4) is 0 Å². The lowest BCUT2D eigenvalue weighted by Crippen LogP contribution is -2.66. The first kappa shape index (κ1) is 12.6. The molecule has 0 spiro atoms. The highest BCUT2D eigenvalue weighted by molar-refractivity contribution is 7.11. The molecule has 3 saturated heterocycles. The molecular weight excluding hydrogens is 242 g/mol. The third kappa shape index (κ3) is 2.48. The Bertz CT molecular complexity index is 395. The molecule has 4 rings (SSSR count). The van der Waals surface area contributed by atoms with Crippen LogP contribution in [0.4, 0.5) is 0 Å². The predicted octanol–water partition coefficient (Wildman–Crippen LogP) is 1.18. The monoisotopic (exact) mass is 265 g/mol. The summed E-state index contributed by atoms with van der Waals surface area (Å²) in [6, 6.07) is 5.37. The summed E-state index contributed by atoms with van der Waals surface area (Å²) in [7, 11) is 0. The van der Waals surface area contributed by atoms with Crippen LogP contribution in [-0.2, 0) is 12.8 Å². The molecule has 3 aliphatic rings. The zero-order valence-corrected chi connectivity index (χ0v) is 12.0. The van der Waals surface area contributed by atoms with Gasteiger partial charge in [0.05, 0.1) is 0 Å². The van der Waals surface area contributed by atoms with Crippen LogP contribution in [0.15, 0.2) is 12.1 Å². The van der Waals surface area contributed by atoms with Crippen LogP contribution in [0.1, 0.15) is 16.7 Å². The normalized spacial score (nSPS) is 32.7. The molecule has 0 amide bonds. The van der Waals surface area contributed by atoms with E-state index in [1.807, 2.05) is 11.3 Å². The fourth-order valence-corrected chi connectivity index (χ4v) is 4.18. The third-order valence-corrected chi connectivity index (χ3v) is 5.57. The van der Waals surface area contributed by atoms with E-state index < -0.39 is 0 Å². The summed E-state index contributed by atoms with van der Waals surface area (Å²) < 4.78 is 0. The molecule has 3 nitrogen and oxygen atoms in total. The van der Waals surface area contributed by atoms with Gasteiger partial charge in [0.2, 0.25) is 0 Å². The predicted molar refractivity (Wildman–Crippen MR) is 77.2 cm³/mol. The highest BCUT2D eigenvalue weighted by atomic mass is 32.1. The van der Waals surface area contributed by atoms with Gasteiger partial charge in [-0.2, -0.15) is 0 Å². The van der Waals surface area contributed by atoms with E-state index >= 15 is 0 Å². The molecule has 1 aromatic rings. The van der Waals surface area contributed by atoms with Crippen molar-refractivity contribution in [2.45, 2.75) is 31.8 Å². The topological polar surface area (TPSA) is 32.5 Å². The summed E-state index contributed by atoms with van der Waals surface area (Å²) >= 11 is 1.93. The maximum absolute atomic E-state index is 6.46. The van der Waals surface area contributed by atoms with Gasteiger partial charge in [-0.1, -0.05) is 6.92 Å². The van der Waals surface area contributed by atoms with Crippen molar-refractivity contribution in [1.29, 1.82) is 0 Å². The molecule has 2 unspecified atom stereocenters. The lowest BCUT2D eigenvalue weighted by molar-refractivity contribution is 0.00268. The molecule has 100 valence electrons. The Balaban J connectivity index is 1.62. The van der Waals surface area contributed by atoms with E-state index in [-0.39, 0.29) is 6.04 Å². The lowest BCUT2D eigenvalue weighted by atomic mass is 9.98. The van der Waals surface area contributed by atoms with Crippen molar-refractivity contribution in [3.63, 3.8) is 0 Å². The number of fused-ring (bicyclic) bond motifs is 3. The van der Waals surface area contributed by atoms with E-state index in [1.165, 1.54) is 42.5 Å². The first-order chi connectivity index (χ1) is 8.76. The molecule has 3 aliphatic heterocycles. The molecule has 0 saturated carbocycles.